The van der Waals surface area contributed by atoms with Gasteiger partial charge in [0.15, 0.2) is 0 Å². The van der Waals surface area contributed by atoms with Crippen LogP contribution in [-0.2, 0) is 0 Å². The molecule has 1 aromatic rings. The maximum atomic E-state index is 6.28. The molecule has 3 atom stereocenters. The van der Waals surface area contributed by atoms with Crippen LogP contribution in [0.5, 0.6) is 0 Å². The van der Waals surface area contributed by atoms with Gasteiger partial charge in [0, 0.05) is 35.3 Å². The standard InChI is InChI=1S/C17H28N2S/c1-14-7-6-8-15(2)19(14)12-11-16(18)13-20-17-9-4-3-5-10-17/h3-5,9-10,14-16H,6-8,11-13,18H2,1-2H3/t14?,15?,16-/m1/s1. The summed E-state index contributed by atoms with van der Waals surface area (Å²) >= 11 is 1.87. The van der Waals surface area contributed by atoms with Gasteiger partial charge in [-0.1, -0.05) is 24.6 Å². The van der Waals surface area contributed by atoms with Crippen LogP contribution in [0, 0.1) is 0 Å². The molecular weight excluding hydrogens is 264 g/mol. The highest BCUT2D eigenvalue weighted by Crippen LogP contribution is 2.23. The van der Waals surface area contributed by atoms with Crippen LogP contribution in [0.15, 0.2) is 35.2 Å². The second-order valence-electron chi connectivity index (χ2n) is 6.04. The van der Waals surface area contributed by atoms with Gasteiger partial charge < -0.3 is 5.73 Å². The van der Waals surface area contributed by atoms with Crippen LogP contribution in [-0.4, -0.2) is 35.3 Å². The van der Waals surface area contributed by atoms with Crippen LogP contribution in [0.25, 0.3) is 0 Å². The molecule has 1 aliphatic rings. The number of hydrogen-bond acceptors (Lipinski definition) is 3. The Bertz CT molecular complexity index is 372. The third kappa shape index (κ3) is 4.80. The van der Waals surface area contributed by atoms with Gasteiger partial charge in [-0.25, -0.2) is 0 Å². The predicted octanol–water partition coefficient (Wildman–Crippen LogP) is 3.76. The molecule has 1 fully saturated rings. The van der Waals surface area contributed by atoms with E-state index in [1.54, 1.807) is 0 Å². The molecule has 1 aromatic carbocycles. The van der Waals surface area contributed by atoms with Crippen molar-refractivity contribution in [2.24, 2.45) is 5.73 Å². The number of nitrogens with zero attached hydrogens (tertiary/aromatic N) is 1. The summed E-state index contributed by atoms with van der Waals surface area (Å²) in [5.41, 5.74) is 6.28. The van der Waals surface area contributed by atoms with Crippen molar-refractivity contribution in [3.05, 3.63) is 30.3 Å². The molecule has 1 aliphatic heterocycles. The lowest BCUT2D eigenvalue weighted by Crippen LogP contribution is -2.45. The molecule has 0 aliphatic carbocycles. The van der Waals surface area contributed by atoms with E-state index in [1.807, 2.05) is 11.8 Å². The first-order valence-corrected chi connectivity index (χ1v) is 8.84. The molecule has 0 aromatic heterocycles. The quantitative estimate of drug-likeness (QED) is 0.810. The molecule has 2 nitrogen and oxygen atoms in total. The van der Waals surface area contributed by atoms with Crippen molar-refractivity contribution in [1.82, 2.24) is 4.90 Å². The van der Waals surface area contributed by atoms with Crippen LogP contribution >= 0.6 is 11.8 Å². The van der Waals surface area contributed by atoms with E-state index in [9.17, 15) is 0 Å². The SMILES string of the molecule is CC1CCCC(C)N1CC[C@@H](N)CSc1ccccc1. The van der Waals surface area contributed by atoms with Crippen LogP contribution in [0.4, 0.5) is 0 Å². The molecule has 0 amide bonds. The molecular formula is C17H28N2S. The van der Waals surface area contributed by atoms with Gasteiger partial charge in [-0.2, -0.15) is 0 Å². The number of piperidine rings is 1. The molecule has 3 heteroatoms. The molecule has 1 saturated heterocycles. The predicted molar refractivity (Wildman–Crippen MR) is 89.2 cm³/mol. The first-order valence-electron chi connectivity index (χ1n) is 7.86. The zero-order chi connectivity index (χ0) is 14.4. The van der Waals surface area contributed by atoms with E-state index < -0.39 is 0 Å². The summed E-state index contributed by atoms with van der Waals surface area (Å²) < 4.78 is 0. The lowest BCUT2D eigenvalue weighted by Gasteiger charge is -2.39. The molecule has 2 N–H and O–H groups in total. The first kappa shape index (κ1) is 15.9. The number of hydrogen-bond donors (Lipinski definition) is 1. The summed E-state index contributed by atoms with van der Waals surface area (Å²) in [4.78, 5) is 3.97. The molecule has 0 saturated carbocycles. The van der Waals surface area contributed by atoms with Gasteiger partial charge in [0.2, 0.25) is 0 Å². The Morgan fingerprint density at radius 3 is 2.50 bits per heavy atom. The van der Waals surface area contributed by atoms with E-state index in [1.165, 1.54) is 24.2 Å². The van der Waals surface area contributed by atoms with E-state index >= 15 is 0 Å². The summed E-state index contributed by atoms with van der Waals surface area (Å²) in [7, 11) is 0. The fraction of sp³-hybridized carbons (Fsp3) is 0.647. The first-order chi connectivity index (χ1) is 9.66. The maximum Gasteiger partial charge on any atom is 0.0146 e. The largest absolute Gasteiger partial charge is 0.327 e. The van der Waals surface area contributed by atoms with Gasteiger partial charge in [0.1, 0.15) is 0 Å². The van der Waals surface area contributed by atoms with Crippen molar-refractivity contribution in [3.8, 4) is 0 Å². The van der Waals surface area contributed by atoms with E-state index in [0.717, 1.165) is 30.8 Å². The highest BCUT2D eigenvalue weighted by Gasteiger charge is 2.24. The third-order valence-electron chi connectivity index (χ3n) is 4.34. The fourth-order valence-electron chi connectivity index (χ4n) is 3.03. The van der Waals surface area contributed by atoms with Gasteiger partial charge in [-0.15, -0.1) is 11.8 Å². The van der Waals surface area contributed by atoms with Gasteiger partial charge in [-0.05, 0) is 45.2 Å². The van der Waals surface area contributed by atoms with Crippen molar-refractivity contribution in [1.29, 1.82) is 0 Å². The highest BCUT2D eigenvalue weighted by molar-refractivity contribution is 7.99. The van der Waals surface area contributed by atoms with Gasteiger partial charge >= 0.3 is 0 Å². The Balaban J connectivity index is 1.70. The van der Waals surface area contributed by atoms with Gasteiger partial charge in [0.25, 0.3) is 0 Å². The third-order valence-corrected chi connectivity index (χ3v) is 5.54. The summed E-state index contributed by atoms with van der Waals surface area (Å²) in [6.45, 7) is 5.87. The zero-order valence-electron chi connectivity index (χ0n) is 12.8. The Kier molecular flexibility index (Phi) is 6.40. The zero-order valence-corrected chi connectivity index (χ0v) is 13.6. The lowest BCUT2D eigenvalue weighted by molar-refractivity contribution is 0.100. The topological polar surface area (TPSA) is 29.3 Å². The maximum absolute atomic E-state index is 6.28. The van der Waals surface area contributed by atoms with Crippen LogP contribution < -0.4 is 5.73 Å². The summed E-state index contributed by atoms with van der Waals surface area (Å²) in [6, 6.07) is 12.3. The van der Waals surface area contributed by atoms with E-state index in [2.05, 4.69) is 49.1 Å². The Morgan fingerprint density at radius 2 is 1.85 bits per heavy atom. The number of nitrogens with two attached hydrogens (primary N) is 1. The highest BCUT2D eigenvalue weighted by atomic mass is 32.2. The minimum absolute atomic E-state index is 0.293. The van der Waals surface area contributed by atoms with E-state index in [4.69, 9.17) is 5.73 Å². The molecule has 20 heavy (non-hydrogen) atoms. The number of thioether (sulfide) groups is 1. The van der Waals surface area contributed by atoms with Crippen LogP contribution in [0.3, 0.4) is 0 Å². The van der Waals surface area contributed by atoms with Gasteiger partial charge in [-0.3, -0.25) is 4.90 Å². The molecule has 112 valence electrons. The van der Waals surface area contributed by atoms with E-state index in [0.29, 0.717) is 6.04 Å². The molecule has 0 spiro atoms. The molecule has 2 rings (SSSR count). The number of rotatable bonds is 6. The van der Waals surface area contributed by atoms with Crippen molar-refractivity contribution in [3.63, 3.8) is 0 Å². The summed E-state index contributed by atoms with van der Waals surface area (Å²) in [5, 5.41) is 0. The average molecular weight is 292 g/mol. The van der Waals surface area contributed by atoms with E-state index in [-0.39, 0.29) is 0 Å². The Morgan fingerprint density at radius 1 is 1.20 bits per heavy atom. The van der Waals surface area contributed by atoms with Gasteiger partial charge in [0.05, 0.1) is 0 Å². The van der Waals surface area contributed by atoms with Crippen molar-refractivity contribution >= 4 is 11.8 Å². The van der Waals surface area contributed by atoms with Crippen molar-refractivity contribution in [2.45, 2.75) is 62.6 Å². The molecule has 0 radical (unpaired) electrons. The minimum Gasteiger partial charge on any atom is -0.327 e. The fourth-order valence-corrected chi connectivity index (χ4v) is 3.96. The number of likely N-dealkylation sites (tertiary alicyclic amines) is 1. The normalized spacial score (nSPS) is 25.6. The minimum atomic E-state index is 0.293. The monoisotopic (exact) mass is 292 g/mol. The summed E-state index contributed by atoms with van der Waals surface area (Å²) in [6.07, 6.45) is 5.18. The molecule has 0 bridgehead atoms. The number of benzene rings is 1. The Hall–Kier alpha value is -0.510. The smallest absolute Gasteiger partial charge is 0.0146 e. The van der Waals surface area contributed by atoms with Crippen molar-refractivity contribution < 1.29 is 0 Å². The Labute approximate surface area is 128 Å². The average Bonchev–Trinajstić information content (AvgIpc) is 2.46. The lowest BCUT2D eigenvalue weighted by atomic mass is 9.97. The second-order valence-corrected chi connectivity index (χ2v) is 7.13. The van der Waals surface area contributed by atoms with Crippen molar-refractivity contribution in [2.75, 3.05) is 12.3 Å². The molecule has 1 heterocycles. The second kappa shape index (κ2) is 8.06. The van der Waals surface area contributed by atoms with Crippen LogP contribution in [0.1, 0.15) is 39.5 Å². The van der Waals surface area contributed by atoms with Crippen LogP contribution in [0.2, 0.25) is 0 Å². The molecule has 2 unspecified atom stereocenters. The summed E-state index contributed by atoms with van der Waals surface area (Å²) in [5.74, 6) is 1.01.